The monoisotopic (exact) mass is 455 g/mol. The fourth-order valence-corrected chi connectivity index (χ4v) is 4.37. The molecule has 2 aromatic rings. The molecule has 0 amide bonds. The van der Waals surface area contributed by atoms with Crippen molar-refractivity contribution >= 4 is 41.0 Å². The molecule has 2 fully saturated rings. The Morgan fingerprint density at radius 3 is 2.70 bits per heavy atom. The Bertz CT molecular complexity index is 878. The number of nitrogens with zero attached hydrogens (tertiary/aromatic N) is 4. The van der Waals surface area contributed by atoms with Crippen LogP contribution in [0.4, 0.5) is 17.5 Å². The van der Waals surface area contributed by atoms with E-state index >= 15 is 0 Å². The van der Waals surface area contributed by atoms with Gasteiger partial charge in [0.2, 0.25) is 5.95 Å². The van der Waals surface area contributed by atoms with E-state index in [1.54, 1.807) is 30.9 Å². The highest BCUT2D eigenvalue weighted by Gasteiger charge is 2.48. The summed E-state index contributed by atoms with van der Waals surface area (Å²) in [6.45, 7) is 4.59. The summed E-state index contributed by atoms with van der Waals surface area (Å²) in [5.41, 5.74) is 0.0503. The number of fused-ring (bicyclic) bond motifs is 1. The van der Waals surface area contributed by atoms with Crippen LogP contribution in [0.3, 0.4) is 0 Å². The maximum atomic E-state index is 9.86. The molecule has 2 aliphatic rings. The predicted molar refractivity (Wildman–Crippen MR) is 116 cm³/mol. The summed E-state index contributed by atoms with van der Waals surface area (Å²) in [6.07, 6.45) is 4.87. The van der Waals surface area contributed by atoms with E-state index in [1.807, 2.05) is 13.2 Å². The molecule has 4 heterocycles. The quantitative estimate of drug-likeness (QED) is 0.436. The molecule has 4 rings (SSSR count). The second kappa shape index (κ2) is 8.85. The molecule has 0 saturated carbocycles. The molecule has 4 N–H and O–H groups in total. The molecule has 0 aromatic carbocycles. The molecule has 0 spiro atoms. The van der Waals surface area contributed by atoms with Crippen LogP contribution >= 0.6 is 23.5 Å². The minimum Gasteiger partial charge on any atom is -0.390 e. The van der Waals surface area contributed by atoms with Crippen molar-refractivity contribution in [1.29, 1.82) is 0 Å². The van der Waals surface area contributed by atoms with Crippen LogP contribution < -0.4 is 15.4 Å². The first-order valence-electron chi connectivity index (χ1n) is 9.66. The van der Waals surface area contributed by atoms with Crippen molar-refractivity contribution in [3.8, 4) is 0 Å². The lowest BCUT2D eigenvalue weighted by molar-refractivity contribution is 0.0691. The van der Waals surface area contributed by atoms with Gasteiger partial charge in [-0.3, -0.25) is 9.40 Å². The van der Waals surface area contributed by atoms with Gasteiger partial charge in [-0.2, -0.15) is 10.1 Å². The number of anilines is 3. The van der Waals surface area contributed by atoms with Gasteiger partial charge in [-0.05, 0) is 13.8 Å². The van der Waals surface area contributed by atoms with E-state index in [1.165, 1.54) is 11.9 Å². The molecule has 0 aliphatic carbocycles. The van der Waals surface area contributed by atoms with Gasteiger partial charge in [-0.25, -0.2) is 4.98 Å². The average molecular weight is 456 g/mol. The molecule has 4 atom stereocenters. The summed E-state index contributed by atoms with van der Waals surface area (Å²) in [5, 5.41) is 20.8. The number of hydrogen-bond donors (Lipinski definition) is 4. The summed E-state index contributed by atoms with van der Waals surface area (Å²) in [6, 6.07) is -0.0300. The first kappa shape index (κ1) is 21.6. The fraction of sp³-hybridized carbons (Fsp3) is 0.611. The maximum absolute atomic E-state index is 9.86. The Kier molecular flexibility index (Phi) is 6.37. The van der Waals surface area contributed by atoms with Crippen LogP contribution in [0, 0.1) is 0 Å². The molecular formula is C18H26ClN7O3S. The zero-order valence-corrected chi connectivity index (χ0v) is 18.6. The molecule has 0 bridgehead atoms. The minimum atomic E-state index is -0.734. The molecule has 2 saturated heterocycles. The van der Waals surface area contributed by atoms with Crippen molar-refractivity contribution in [2.45, 2.75) is 43.7 Å². The standard InChI is InChI=1S/C18H26ClN7O3S/c1-18(2,27)9-30-25-13-8-29-14-12(7-28-15(13)14)23-16-11(19)5-20-17(24-16)22-10-4-21-26(3)6-10/h4-6,12-15,25,27H,7-9H2,1-3H3,(H2,20,22,23,24). The van der Waals surface area contributed by atoms with Crippen LogP contribution in [0.2, 0.25) is 5.02 Å². The minimum absolute atomic E-state index is 0.0535. The number of halogens is 1. The fourth-order valence-electron chi connectivity index (χ4n) is 3.37. The Balaban J connectivity index is 1.36. The third kappa shape index (κ3) is 5.16. The van der Waals surface area contributed by atoms with Gasteiger partial charge < -0.3 is 25.2 Å². The lowest BCUT2D eigenvalue weighted by Crippen LogP contribution is -2.40. The lowest BCUT2D eigenvalue weighted by Gasteiger charge is -2.21. The van der Waals surface area contributed by atoms with Crippen molar-refractivity contribution in [3.63, 3.8) is 0 Å². The normalized spacial score (nSPS) is 26.0. The number of nitrogens with one attached hydrogen (secondary N) is 3. The van der Waals surface area contributed by atoms with Crippen LogP contribution in [0.5, 0.6) is 0 Å². The van der Waals surface area contributed by atoms with Crippen molar-refractivity contribution in [2.24, 2.45) is 7.05 Å². The Labute approximate surface area is 184 Å². The van der Waals surface area contributed by atoms with Gasteiger partial charge in [0.05, 0.1) is 49.0 Å². The van der Waals surface area contributed by atoms with Gasteiger partial charge in [-0.1, -0.05) is 23.5 Å². The summed E-state index contributed by atoms with van der Waals surface area (Å²) in [4.78, 5) is 8.71. The first-order valence-corrected chi connectivity index (χ1v) is 11.0. The van der Waals surface area contributed by atoms with E-state index in [0.717, 1.165) is 5.69 Å². The number of rotatable bonds is 8. The highest BCUT2D eigenvalue weighted by Crippen LogP contribution is 2.31. The molecule has 164 valence electrons. The topological polar surface area (TPSA) is 118 Å². The van der Waals surface area contributed by atoms with Crippen LogP contribution in [0.15, 0.2) is 18.6 Å². The van der Waals surface area contributed by atoms with Gasteiger partial charge in [0.1, 0.15) is 17.2 Å². The summed E-state index contributed by atoms with van der Waals surface area (Å²) in [5.74, 6) is 1.51. The summed E-state index contributed by atoms with van der Waals surface area (Å²) >= 11 is 7.79. The number of ether oxygens (including phenoxy) is 2. The zero-order valence-electron chi connectivity index (χ0n) is 17.0. The van der Waals surface area contributed by atoms with Crippen molar-refractivity contribution in [3.05, 3.63) is 23.6 Å². The molecular weight excluding hydrogens is 430 g/mol. The van der Waals surface area contributed by atoms with E-state index in [0.29, 0.717) is 35.8 Å². The van der Waals surface area contributed by atoms with Crippen molar-refractivity contribution < 1.29 is 14.6 Å². The van der Waals surface area contributed by atoms with Gasteiger partial charge in [-0.15, -0.1) is 0 Å². The smallest absolute Gasteiger partial charge is 0.229 e. The zero-order chi connectivity index (χ0) is 21.3. The van der Waals surface area contributed by atoms with Crippen LogP contribution in [0.25, 0.3) is 0 Å². The first-order chi connectivity index (χ1) is 14.3. The highest BCUT2D eigenvalue weighted by molar-refractivity contribution is 7.97. The Hall–Kier alpha value is -1.63. The molecule has 0 radical (unpaired) electrons. The largest absolute Gasteiger partial charge is 0.390 e. The van der Waals surface area contributed by atoms with E-state index in [4.69, 9.17) is 21.1 Å². The van der Waals surface area contributed by atoms with E-state index < -0.39 is 5.60 Å². The molecule has 10 nitrogen and oxygen atoms in total. The number of aromatic nitrogens is 4. The van der Waals surface area contributed by atoms with Gasteiger partial charge in [0.25, 0.3) is 0 Å². The van der Waals surface area contributed by atoms with E-state index in [9.17, 15) is 5.11 Å². The second-order valence-corrected chi connectivity index (χ2v) is 9.31. The number of aryl methyl sites for hydroxylation is 1. The maximum Gasteiger partial charge on any atom is 0.229 e. The van der Waals surface area contributed by atoms with Gasteiger partial charge >= 0.3 is 0 Å². The molecule has 2 aliphatic heterocycles. The molecule has 30 heavy (non-hydrogen) atoms. The van der Waals surface area contributed by atoms with Crippen LogP contribution in [-0.4, -0.2) is 73.7 Å². The molecule has 2 aromatic heterocycles. The van der Waals surface area contributed by atoms with Crippen molar-refractivity contribution in [1.82, 2.24) is 24.5 Å². The Morgan fingerprint density at radius 1 is 1.27 bits per heavy atom. The molecule has 12 heteroatoms. The Morgan fingerprint density at radius 2 is 2.00 bits per heavy atom. The van der Waals surface area contributed by atoms with Crippen LogP contribution in [0.1, 0.15) is 13.8 Å². The average Bonchev–Trinajstić information content (AvgIpc) is 3.36. The summed E-state index contributed by atoms with van der Waals surface area (Å²) in [7, 11) is 1.84. The second-order valence-electron chi connectivity index (χ2n) is 8.09. The highest BCUT2D eigenvalue weighted by atomic mass is 35.5. The third-order valence-corrected chi connectivity index (χ3v) is 6.34. The van der Waals surface area contributed by atoms with Crippen LogP contribution in [-0.2, 0) is 16.5 Å². The van der Waals surface area contributed by atoms with E-state index in [2.05, 4.69) is 30.4 Å². The SMILES string of the molecule is Cn1cc(Nc2ncc(Cl)c(NC3COC4C(NSCC(C)(C)O)COC34)n2)cn1. The van der Waals surface area contributed by atoms with Crippen molar-refractivity contribution in [2.75, 3.05) is 29.6 Å². The van der Waals surface area contributed by atoms with Gasteiger partial charge in [0, 0.05) is 19.0 Å². The van der Waals surface area contributed by atoms with Gasteiger partial charge in [0.15, 0.2) is 5.82 Å². The molecule has 4 unspecified atom stereocenters. The third-order valence-electron chi connectivity index (χ3n) is 4.74. The van der Waals surface area contributed by atoms with E-state index in [-0.39, 0.29) is 24.3 Å². The lowest BCUT2D eigenvalue weighted by atomic mass is 10.1. The summed E-state index contributed by atoms with van der Waals surface area (Å²) < 4.78 is 17.0. The number of hydrogen-bond acceptors (Lipinski definition) is 10. The number of aliphatic hydroxyl groups is 1. The predicted octanol–water partition coefficient (Wildman–Crippen LogP) is 1.56.